The Balaban J connectivity index is 1.72. The number of aliphatic hydroxyl groups is 1. The quantitative estimate of drug-likeness (QED) is 0.360. The van der Waals surface area contributed by atoms with Crippen LogP contribution in [0.25, 0.3) is 0 Å². The second-order valence-corrected chi connectivity index (χ2v) is 14.1. The van der Waals surface area contributed by atoms with E-state index in [1.165, 1.54) is 0 Å². The maximum atomic E-state index is 12.2. The fourth-order valence-electron chi connectivity index (χ4n) is 2.50. The molecule has 170 valence electrons. The van der Waals surface area contributed by atoms with Crippen LogP contribution in [-0.4, -0.2) is 54.0 Å². The number of aromatic nitrogens is 2. The molecule has 31 heavy (non-hydrogen) atoms. The highest BCUT2D eigenvalue weighted by Gasteiger charge is 2.18. The highest BCUT2D eigenvalue weighted by atomic mass is 28.3. The molecule has 1 unspecified atom stereocenters. The minimum absolute atomic E-state index is 0.103. The van der Waals surface area contributed by atoms with Gasteiger partial charge in [-0.25, -0.2) is 9.78 Å². The smallest absolute Gasteiger partial charge is 0.407 e. The number of hydrogen-bond donors (Lipinski definition) is 3. The lowest BCUT2D eigenvalue weighted by atomic mass is 10.2. The van der Waals surface area contributed by atoms with E-state index in [-0.39, 0.29) is 13.2 Å². The van der Waals surface area contributed by atoms with Gasteiger partial charge >= 0.3 is 6.09 Å². The normalized spacial score (nSPS) is 12.3. The molecule has 0 aliphatic carbocycles. The molecule has 0 spiro atoms. The number of aryl methyl sites for hydroxylation is 1. The van der Waals surface area contributed by atoms with Crippen LogP contribution in [0.5, 0.6) is 0 Å². The number of anilines is 1. The zero-order valence-electron chi connectivity index (χ0n) is 18.6. The molecule has 1 aromatic carbocycles. The molecule has 0 aliphatic rings. The highest BCUT2D eigenvalue weighted by molar-refractivity contribution is 6.76. The number of hydrogen-bond acceptors (Lipinski definition) is 6. The molecule has 1 atom stereocenters. The molecule has 9 nitrogen and oxygen atoms in total. The number of carbonyl (C=O) groups excluding carboxylic acids is 2. The van der Waals surface area contributed by atoms with Gasteiger partial charge in [-0.05, 0) is 18.5 Å². The average molecular weight is 449 g/mol. The Kier molecular flexibility index (Phi) is 9.22. The van der Waals surface area contributed by atoms with Gasteiger partial charge in [-0.1, -0.05) is 50.0 Å². The first-order valence-electron chi connectivity index (χ1n) is 10.2. The van der Waals surface area contributed by atoms with Gasteiger partial charge in [-0.15, -0.1) is 0 Å². The van der Waals surface area contributed by atoms with Crippen LogP contribution in [0.3, 0.4) is 0 Å². The summed E-state index contributed by atoms with van der Waals surface area (Å²) in [4.78, 5) is 28.2. The fourth-order valence-corrected chi connectivity index (χ4v) is 3.25. The first-order valence-corrected chi connectivity index (χ1v) is 13.9. The molecule has 2 aromatic rings. The van der Waals surface area contributed by atoms with Gasteiger partial charge in [0.25, 0.3) is 5.91 Å². The van der Waals surface area contributed by atoms with Gasteiger partial charge in [0.15, 0.2) is 11.9 Å². The summed E-state index contributed by atoms with van der Waals surface area (Å²) in [7, 11) is -1.15. The number of alkyl carbamates (subject to hydrolysis) is 1. The second-order valence-electron chi connectivity index (χ2n) is 8.44. The topological polar surface area (TPSA) is 115 Å². The van der Waals surface area contributed by atoms with Crippen LogP contribution in [0.4, 0.5) is 10.6 Å². The molecule has 3 N–H and O–H groups in total. The van der Waals surface area contributed by atoms with Crippen molar-refractivity contribution in [2.75, 3.05) is 18.5 Å². The van der Waals surface area contributed by atoms with E-state index in [4.69, 9.17) is 9.47 Å². The largest absolute Gasteiger partial charge is 0.445 e. The summed E-state index contributed by atoms with van der Waals surface area (Å²) < 4.78 is 12.5. The molecule has 0 saturated carbocycles. The van der Waals surface area contributed by atoms with Crippen molar-refractivity contribution in [3.8, 4) is 0 Å². The lowest BCUT2D eigenvalue weighted by molar-refractivity contribution is -0.123. The number of benzene rings is 1. The van der Waals surface area contributed by atoms with Crippen LogP contribution in [-0.2, 0) is 27.6 Å². The molecule has 2 amide bonds. The summed E-state index contributed by atoms with van der Waals surface area (Å²) in [5.74, 6) is 0.315. The average Bonchev–Trinajstić information content (AvgIpc) is 3.06. The Labute approximate surface area is 183 Å². The second kappa shape index (κ2) is 11.6. The van der Waals surface area contributed by atoms with E-state index in [1.807, 2.05) is 30.3 Å². The van der Waals surface area contributed by atoms with Crippen LogP contribution < -0.4 is 10.6 Å². The summed E-state index contributed by atoms with van der Waals surface area (Å²) in [5, 5.41) is 14.9. The summed E-state index contributed by atoms with van der Waals surface area (Å²) in [5.41, 5.74) is 0.839. The van der Waals surface area contributed by atoms with Crippen molar-refractivity contribution in [2.45, 2.75) is 52.1 Å². The highest BCUT2D eigenvalue weighted by Crippen LogP contribution is 2.11. The van der Waals surface area contributed by atoms with Gasteiger partial charge in [0.1, 0.15) is 19.2 Å². The maximum Gasteiger partial charge on any atom is 0.407 e. The van der Waals surface area contributed by atoms with E-state index in [0.29, 0.717) is 25.0 Å². The van der Waals surface area contributed by atoms with Gasteiger partial charge < -0.3 is 29.8 Å². The molecule has 0 aliphatic heterocycles. The number of imidazole rings is 1. The Bertz CT molecular complexity index is 851. The number of nitrogens with zero attached hydrogens (tertiary/aromatic N) is 2. The molecule has 10 heteroatoms. The van der Waals surface area contributed by atoms with Crippen LogP contribution in [0, 0.1) is 6.92 Å². The van der Waals surface area contributed by atoms with Gasteiger partial charge in [0.05, 0.1) is 12.7 Å². The standard InChI is InChI=1S/C21H32N4O5Si/c1-16-23-19(13-25(16)15-29-10-11-31(2,3)4)24-20(27)18(26)12-22-21(28)30-14-17-8-6-5-7-9-17/h5-9,13,18,26H,10-12,14-15H2,1-4H3,(H,22,28)(H,24,27). The third-order valence-electron chi connectivity index (χ3n) is 4.41. The number of rotatable bonds is 11. The van der Waals surface area contributed by atoms with Crippen LogP contribution in [0.2, 0.25) is 25.7 Å². The summed E-state index contributed by atoms with van der Waals surface area (Å²) in [6.45, 7) is 9.51. The molecule has 1 heterocycles. The third kappa shape index (κ3) is 9.32. The monoisotopic (exact) mass is 448 g/mol. The lowest BCUT2D eigenvalue weighted by Gasteiger charge is -2.15. The minimum atomic E-state index is -1.44. The number of nitrogens with one attached hydrogen (secondary N) is 2. The fraction of sp³-hybridized carbons (Fsp3) is 0.476. The van der Waals surface area contributed by atoms with Crippen LogP contribution in [0.1, 0.15) is 11.4 Å². The van der Waals surface area contributed by atoms with E-state index in [9.17, 15) is 14.7 Å². The maximum absolute atomic E-state index is 12.2. The molecular formula is C21H32N4O5Si. The minimum Gasteiger partial charge on any atom is -0.445 e. The Hall–Kier alpha value is -2.69. The molecule has 2 rings (SSSR count). The third-order valence-corrected chi connectivity index (χ3v) is 6.11. The first kappa shape index (κ1) is 24.6. The van der Waals surface area contributed by atoms with Crippen LogP contribution >= 0.6 is 0 Å². The zero-order chi connectivity index (χ0) is 22.9. The van der Waals surface area contributed by atoms with E-state index in [1.54, 1.807) is 17.7 Å². The summed E-state index contributed by atoms with van der Waals surface area (Å²) >= 11 is 0. The van der Waals surface area contributed by atoms with Crippen molar-refractivity contribution in [2.24, 2.45) is 0 Å². The predicted octanol–water partition coefficient (Wildman–Crippen LogP) is 2.73. The van der Waals surface area contributed by atoms with Crippen molar-refractivity contribution in [3.05, 3.63) is 47.9 Å². The van der Waals surface area contributed by atoms with E-state index < -0.39 is 26.2 Å². The Morgan fingerprint density at radius 3 is 2.61 bits per heavy atom. The molecule has 1 aromatic heterocycles. The molecule has 0 radical (unpaired) electrons. The Morgan fingerprint density at radius 2 is 1.94 bits per heavy atom. The zero-order valence-corrected chi connectivity index (χ0v) is 19.6. The van der Waals surface area contributed by atoms with E-state index >= 15 is 0 Å². The lowest BCUT2D eigenvalue weighted by Crippen LogP contribution is -2.39. The van der Waals surface area contributed by atoms with E-state index in [0.717, 1.165) is 11.6 Å². The van der Waals surface area contributed by atoms with Crippen molar-refractivity contribution >= 4 is 25.9 Å². The SMILES string of the molecule is Cc1nc(NC(=O)C(O)CNC(=O)OCc2ccccc2)cn1COCC[Si](C)(C)C. The molecule has 0 saturated heterocycles. The Morgan fingerprint density at radius 1 is 1.23 bits per heavy atom. The van der Waals surface area contributed by atoms with Crippen molar-refractivity contribution < 1.29 is 24.2 Å². The first-order chi connectivity index (χ1) is 14.6. The number of carbonyl (C=O) groups is 2. The molecule has 0 bridgehead atoms. The predicted molar refractivity (Wildman–Crippen MR) is 120 cm³/mol. The van der Waals surface area contributed by atoms with Crippen molar-refractivity contribution in [1.29, 1.82) is 0 Å². The van der Waals surface area contributed by atoms with Gasteiger partial charge in [0.2, 0.25) is 0 Å². The van der Waals surface area contributed by atoms with Crippen molar-refractivity contribution in [3.63, 3.8) is 0 Å². The van der Waals surface area contributed by atoms with Gasteiger partial charge in [-0.3, -0.25) is 4.79 Å². The summed E-state index contributed by atoms with van der Waals surface area (Å²) in [6, 6.07) is 10.3. The van der Waals surface area contributed by atoms with Gasteiger partial charge in [-0.2, -0.15) is 0 Å². The number of amides is 2. The van der Waals surface area contributed by atoms with Crippen LogP contribution in [0.15, 0.2) is 36.5 Å². The summed E-state index contributed by atoms with van der Waals surface area (Å²) in [6.07, 6.45) is -0.509. The number of aliphatic hydroxyl groups excluding tert-OH is 1. The molecule has 0 fully saturated rings. The number of ether oxygens (including phenoxy) is 2. The van der Waals surface area contributed by atoms with Crippen molar-refractivity contribution in [1.82, 2.24) is 14.9 Å². The van der Waals surface area contributed by atoms with Gasteiger partial charge in [0, 0.05) is 14.7 Å². The molecular weight excluding hydrogens is 416 g/mol. The van der Waals surface area contributed by atoms with E-state index in [2.05, 4.69) is 35.3 Å².